The Balaban J connectivity index is 1.60. The number of rotatable bonds is 7. The summed E-state index contributed by atoms with van der Waals surface area (Å²) in [6.07, 6.45) is -1.12. The number of carbonyl (C=O) groups is 2. The summed E-state index contributed by atoms with van der Waals surface area (Å²) >= 11 is 0. The molecule has 1 atom stereocenters. The summed E-state index contributed by atoms with van der Waals surface area (Å²) in [5.41, 5.74) is 1.80. The Morgan fingerprint density at radius 3 is 2.63 bits per heavy atom. The minimum atomic E-state index is -1.12. The van der Waals surface area contributed by atoms with E-state index in [0.29, 0.717) is 11.5 Å². The van der Waals surface area contributed by atoms with Crippen molar-refractivity contribution >= 4 is 17.6 Å². The van der Waals surface area contributed by atoms with Crippen LogP contribution in [-0.2, 0) is 16.1 Å². The normalized spacial score (nSPS) is 11.6. The van der Waals surface area contributed by atoms with Crippen LogP contribution in [0.15, 0.2) is 53.1 Å². The van der Waals surface area contributed by atoms with E-state index in [1.807, 2.05) is 6.92 Å². The summed E-state index contributed by atoms with van der Waals surface area (Å²) in [5.74, 6) is -0.800. The third kappa shape index (κ3) is 5.02. The molecule has 0 bridgehead atoms. The smallest absolute Gasteiger partial charge is 0.339 e. The molecule has 1 heterocycles. The van der Waals surface area contributed by atoms with Gasteiger partial charge in [-0.15, -0.1) is 0 Å². The Morgan fingerprint density at radius 1 is 1.17 bits per heavy atom. The number of benzene rings is 2. The van der Waals surface area contributed by atoms with E-state index >= 15 is 0 Å². The highest BCUT2D eigenvalue weighted by atomic mass is 19.1. The molecule has 0 aliphatic heterocycles. The molecule has 0 aliphatic carbocycles. The van der Waals surface area contributed by atoms with Gasteiger partial charge in [-0.1, -0.05) is 23.4 Å². The number of para-hydroxylation sites is 1. The number of esters is 1. The number of carbonyl (C=O) groups excluding carboxylic acids is 2. The second-order valence-electron chi connectivity index (χ2n) is 6.64. The first kappa shape index (κ1) is 21.0. The molecule has 0 unspecified atom stereocenters. The van der Waals surface area contributed by atoms with Crippen LogP contribution in [-0.4, -0.2) is 23.1 Å². The van der Waals surface area contributed by atoms with Gasteiger partial charge in [-0.2, -0.15) is 0 Å². The van der Waals surface area contributed by atoms with Crippen molar-refractivity contribution in [2.75, 3.05) is 5.32 Å². The number of hydrogen-bond donors (Lipinski definition) is 1. The predicted octanol–water partition coefficient (Wildman–Crippen LogP) is 4.19. The molecule has 0 saturated carbocycles. The molecule has 1 N–H and O–H groups in total. The Morgan fingerprint density at radius 2 is 1.93 bits per heavy atom. The Bertz CT molecular complexity index is 1040. The third-order valence-corrected chi connectivity index (χ3v) is 4.42. The first-order chi connectivity index (χ1) is 14.3. The lowest BCUT2D eigenvalue weighted by Crippen LogP contribution is -2.30. The highest BCUT2D eigenvalue weighted by molar-refractivity contribution is 5.97. The van der Waals surface area contributed by atoms with Crippen molar-refractivity contribution in [1.82, 2.24) is 5.16 Å². The van der Waals surface area contributed by atoms with Crippen molar-refractivity contribution in [3.05, 3.63) is 76.9 Å². The van der Waals surface area contributed by atoms with Gasteiger partial charge in [0.05, 0.1) is 22.5 Å². The molecular formula is C22H21FN2O5. The van der Waals surface area contributed by atoms with Crippen molar-refractivity contribution in [2.45, 2.75) is 33.5 Å². The fraction of sp³-hybridized carbons (Fsp3) is 0.227. The van der Waals surface area contributed by atoms with E-state index in [2.05, 4.69) is 10.5 Å². The molecule has 0 saturated heterocycles. The molecule has 8 heteroatoms. The minimum absolute atomic E-state index is 0.0140. The molecule has 0 radical (unpaired) electrons. The Kier molecular flexibility index (Phi) is 6.46. The zero-order valence-electron chi connectivity index (χ0n) is 16.8. The van der Waals surface area contributed by atoms with Gasteiger partial charge in [-0.3, -0.25) is 4.79 Å². The number of amides is 1. The number of ether oxygens (including phenoxy) is 2. The first-order valence-electron chi connectivity index (χ1n) is 9.26. The average Bonchev–Trinajstić information content (AvgIpc) is 3.05. The van der Waals surface area contributed by atoms with Gasteiger partial charge in [0.2, 0.25) is 0 Å². The molecule has 0 aliphatic rings. The van der Waals surface area contributed by atoms with Crippen molar-refractivity contribution in [3.63, 3.8) is 0 Å². The summed E-state index contributed by atoms with van der Waals surface area (Å²) < 4.78 is 29.7. The zero-order valence-corrected chi connectivity index (χ0v) is 16.8. The number of nitrogens with one attached hydrogen (secondary N) is 1. The fourth-order valence-corrected chi connectivity index (χ4v) is 2.66. The largest absolute Gasteiger partial charge is 0.489 e. The molecule has 7 nitrogen and oxygen atoms in total. The molecule has 2 aromatic carbocycles. The van der Waals surface area contributed by atoms with Crippen LogP contribution in [0.4, 0.5) is 10.1 Å². The molecule has 0 fully saturated rings. The highest BCUT2D eigenvalue weighted by Crippen LogP contribution is 2.19. The van der Waals surface area contributed by atoms with Gasteiger partial charge in [-0.05, 0) is 51.1 Å². The summed E-state index contributed by atoms with van der Waals surface area (Å²) in [4.78, 5) is 24.6. The number of halogens is 1. The molecule has 3 rings (SSSR count). The van der Waals surface area contributed by atoms with Crippen molar-refractivity contribution in [1.29, 1.82) is 0 Å². The van der Waals surface area contributed by atoms with Crippen LogP contribution >= 0.6 is 0 Å². The highest BCUT2D eigenvalue weighted by Gasteiger charge is 2.20. The third-order valence-electron chi connectivity index (χ3n) is 4.42. The van der Waals surface area contributed by atoms with E-state index in [1.54, 1.807) is 31.2 Å². The number of hydrogen-bond acceptors (Lipinski definition) is 6. The van der Waals surface area contributed by atoms with Crippen molar-refractivity contribution in [2.24, 2.45) is 0 Å². The van der Waals surface area contributed by atoms with Crippen LogP contribution < -0.4 is 10.1 Å². The van der Waals surface area contributed by atoms with Crippen LogP contribution in [0.25, 0.3) is 0 Å². The van der Waals surface area contributed by atoms with E-state index in [9.17, 15) is 14.0 Å². The van der Waals surface area contributed by atoms with Gasteiger partial charge in [-0.25, -0.2) is 9.18 Å². The lowest BCUT2D eigenvalue weighted by Gasteiger charge is -2.14. The second kappa shape index (κ2) is 9.21. The molecule has 1 amide bonds. The van der Waals surface area contributed by atoms with E-state index in [0.717, 1.165) is 11.3 Å². The maximum Gasteiger partial charge on any atom is 0.339 e. The monoisotopic (exact) mass is 412 g/mol. The standard InChI is InChI=1S/C22H21FN2O5/c1-13-18(14(2)30-25-13)12-28-17-8-6-7-16(11-17)22(27)29-15(3)21(26)24-20-10-5-4-9-19(20)23/h4-11,15H,12H2,1-3H3,(H,24,26)/t15-/m1/s1. The van der Waals surface area contributed by atoms with Crippen LogP contribution in [0.5, 0.6) is 5.75 Å². The predicted molar refractivity (Wildman–Crippen MR) is 107 cm³/mol. The molecule has 0 spiro atoms. The lowest BCUT2D eigenvalue weighted by atomic mass is 10.2. The number of aryl methyl sites for hydroxylation is 2. The Labute approximate surface area is 172 Å². The fourth-order valence-electron chi connectivity index (χ4n) is 2.66. The second-order valence-corrected chi connectivity index (χ2v) is 6.64. The van der Waals surface area contributed by atoms with Crippen LogP contribution in [0.2, 0.25) is 0 Å². The van der Waals surface area contributed by atoms with Crippen molar-refractivity contribution in [3.8, 4) is 5.75 Å². The SMILES string of the molecule is Cc1noc(C)c1COc1cccc(C(=O)O[C@H](C)C(=O)Nc2ccccc2F)c1. The maximum absolute atomic E-state index is 13.7. The van der Waals surface area contributed by atoms with E-state index < -0.39 is 23.8 Å². The number of anilines is 1. The van der Waals surface area contributed by atoms with Gasteiger partial charge in [0.1, 0.15) is 23.9 Å². The van der Waals surface area contributed by atoms with Gasteiger partial charge in [0, 0.05) is 0 Å². The zero-order chi connectivity index (χ0) is 21.7. The molecule has 30 heavy (non-hydrogen) atoms. The molecule has 3 aromatic rings. The van der Waals surface area contributed by atoms with E-state index in [-0.39, 0.29) is 17.9 Å². The first-order valence-corrected chi connectivity index (χ1v) is 9.26. The van der Waals surface area contributed by atoms with Gasteiger partial charge in [0.15, 0.2) is 6.10 Å². The maximum atomic E-state index is 13.7. The topological polar surface area (TPSA) is 90.7 Å². The molecule has 1 aromatic heterocycles. The molecular weight excluding hydrogens is 391 g/mol. The average molecular weight is 412 g/mol. The summed E-state index contributed by atoms with van der Waals surface area (Å²) in [6, 6.07) is 12.1. The van der Waals surface area contributed by atoms with Crippen LogP contribution in [0.1, 0.15) is 34.3 Å². The quantitative estimate of drug-likeness (QED) is 0.585. The summed E-state index contributed by atoms with van der Waals surface area (Å²) in [6.45, 7) is 5.25. The summed E-state index contributed by atoms with van der Waals surface area (Å²) in [5, 5.41) is 6.26. The van der Waals surface area contributed by atoms with Gasteiger partial charge < -0.3 is 19.3 Å². The van der Waals surface area contributed by atoms with E-state index in [4.69, 9.17) is 14.0 Å². The summed E-state index contributed by atoms with van der Waals surface area (Å²) in [7, 11) is 0. The molecule has 156 valence electrons. The van der Waals surface area contributed by atoms with Crippen LogP contribution in [0, 0.1) is 19.7 Å². The Hall–Kier alpha value is -3.68. The number of nitrogens with zero attached hydrogens (tertiary/aromatic N) is 1. The van der Waals surface area contributed by atoms with Gasteiger partial charge >= 0.3 is 5.97 Å². The van der Waals surface area contributed by atoms with E-state index in [1.165, 1.54) is 31.2 Å². The van der Waals surface area contributed by atoms with Crippen LogP contribution in [0.3, 0.4) is 0 Å². The van der Waals surface area contributed by atoms with Gasteiger partial charge in [0.25, 0.3) is 5.91 Å². The minimum Gasteiger partial charge on any atom is -0.489 e. The lowest BCUT2D eigenvalue weighted by molar-refractivity contribution is -0.123. The van der Waals surface area contributed by atoms with Crippen molar-refractivity contribution < 1.29 is 28.0 Å². The number of aromatic nitrogens is 1.